The summed E-state index contributed by atoms with van der Waals surface area (Å²) in [7, 11) is 0. The summed E-state index contributed by atoms with van der Waals surface area (Å²) >= 11 is 5.95. The lowest BCUT2D eigenvalue weighted by molar-refractivity contribution is 0.201. The predicted octanol–water partition coefficient (Wildman–Crippen LogP) is 1.73. The zero-order valence-corrected chi connectivity index (χ0v) is 8.79. The van der Waals surface area contributed by atoms with Gasteiger partial charge in [0.2, 0.25) is 0 Å². The molecule has 78 valence electrons. The first-order chi connectivity index (χ1) is 6.65. The topological polar surface area (TPSA) is 55.5 Å². The van der Waals surface area contributed by atoms with Crippen molar-refractivity contribution in [1.82, 2.24) is 0 Å². The molecule has 0 radical (unpaired) electrons. The molecule has 3 N–H and O–H groups in total. The van der Waals surface area contributed by atoms with Gasteiger partial charge >= 0.3 is 0 Å². The van der Waals surface area contributed by atoms with E-state index in [1.807, 2.05) is 13.0 Å². The van der Waals surface area contributed by atoms with Crippen LogP contribution in [0.4, 0.5) is 0 Å². The molecule has 0 aliphatic carbocycles. The van der Waals surface area contributed by atoms with E-state index in [1.165, 1.54) is 0 Å². The van der Waals surface area contributed by atoms with E-state index in [0.29, 0.717) is 10.8 Å². The molecule has 1 aromatic carbocycles. The maximum atomic E-state index is 8.57. The first-order valence-corrected chi connectivity index (χ1v) is 4.81. The van der Waals surface area contributed by atoms with Crippen LogP contribution in [0.2, 0.25) is 5.02 Å². The number of hydrogen-bond acceptors (Lipinski definition) is 3. The van der Waals surface area contributed by atoms with Gasteiger partial charge in [0.25, 0.3) is 0 Å². The predicted molar refractivity (Wildman–Crippen MR) is 56.6 cm³/mol. The summed E-state index contributed by atoms with van der Waals surface area (Å²) in [6, 6.07) is 5.36. The van der Waals surface area contributed by atoms with Crippen molar-refractivity contribution < 1.29 is 9.84 Å². The Morgan fingerprint density at radius 2 is 2.29 bits per heavy atom. The van der Waals surface area contributed by atoms with E-state index in [4.69, 9.17) is 27.2 Å². The van der Waals surface area contributed by atoms with Crippen molar-refractivity contribution >= 4 is 11.6 Å². The van der Waals surface area contributed by atoms with E-state index in [9.17, 15) is 0 Å². The third-order valence-corrected chi connectivity index (χ3v) is 2.13. The van der Waals surface area contributed by atoms with E-state index in [-0.39, 0.29) is 19.3 Å². The number of benzene rings is 1. The third-order valence-electron chi connectivity index (χ3n) is 1.83. The Hall–Kier alpha value is -0.770. The number of aliphatic hydroxyl groups excluding tert-OH is 1. The van der Waals surface area contributed by atoms with Gasteiger partial charge < -0.3 is 15.6 Å². The summed E-state index contributed by atoms with van der Waals surface area (Å²) in [6.45, 7) is 2.11. The summed E-state index contributed by atoms with van der Waals surface area (Å²) in [5.74, 6) is 0.574. The molecule has 3 nitrogen and oxygen atoms in total. The number of ether oxygens (including phenoxy) is 1. The molecular formula is C10H14ClNO2. The SMILES string of the molecule is C[C@H](N)c1ccc(OCCO)c(Cl)c1. The summed E-state index contributed by atoms with van der Waals surface area (Å²) in [4.78, 5) is 0. The maximum absolute atomic E-state index is 8.57. The highest BCUT2D eigenvalue weighted by atomic mass is 35.5. The van der Waals surface area contributed by atoms with Gasteiger partial charge in [-0.25, -0.2) is 0 Å². The van der Waals surface area contributed by atoms with Gasteiger partial charge in [-0.3, -0.25) is 0 Å². The lowest BCUT2D eigenvalue weighted by Gasteiger charge is -2.10. The van der Waals surface area contributed by atoms with Crippen molar-refractivity contribution in [3.63, 3.8) is 0 Å². The number of aliphatic hydroxyl groups is 1. The average molecular weight is 216 g/mol. The smallest absolute Gasteiger partial charge is 0.138 e. The first kappa shape index (κ1) is 11.3. The minimum absolute atomic E-state index is 0.0224. The Bertz CT molecular complexity index is 302. The molecule has 0 bridgehead atoms. The molecule has 0 saturated heterocycles. The third kappa shape index (κ3) is 2.87. The molecule has 0 saturated carbocycles. The van der Waals surface area contributed by atoms with Gasteiger partial charge in [-0.1, -0.05) is 17.7 Å². The molecule has 1 atom stereocenters. The lowest BCUT2D eigenvalue weighted by Crippen LogP contribution is -2.06. The van der Waals surface area contributed by atoms with Crippen molar-refractivity contribution in [2.45, 2.75) is 13.0 Å². The van der Waals surface area contributed by atoms with Gasteiger partial charge in [0.05, 0.1) is 11.6 Å². The quantitative estimate of drug-likeness (QED) is 0.805. The second-order valence-electron chi connectivity index (χ2n) is 3.05. The Labute approximate surface area is 88.4 Å². The minimum atomic E-state index is -0.0422. The fraction of sp³-hybridized carbons (Fsp3) is 0.400. The average Bonchev–Trinajstić information content (AvgIpc) is 2.15. The second kappa shape index (κ2) is 5.20. The molecule has 0 aliphatic heterocycles. The second-order valence-corrected chi connectivity index (χ2v) is 3.46. The highest BCUT2D eigenvalue weighted by Gasteiger charge is 2.05. The largest absolute Gasteiger partial charge is 0.490 e. The summed E-state index contributed by atoms with van der Waals surface area (Å²) in [5.41, 5.74) is 6.66. The van der Waals surface area contributed by atoms with Crippen molar-refractivity contribution in [3.05, 3.63) is 28.8 Å². The highest BCUT2D eigenvalue weighted by molar-refractivity contribution is 6.32. The van der Waals surface area contributed by atoms with Crippen LogP contribution in [0.15, 0.2) is 18.2 Å². The van der Waals surface area contributed by atoms with Crippen LogP contribution in [0, 0.1) is 0 Å². The molecule has 0 aromatic heterocycles. The van der Waals surface area contributed by atoms with Crippen LogP contribution in [-0.2, 0) is 0 Å². The van der Waals surface area contributed by atoms with E-state index >= 15 is 0 Å². The standard InChI is InChI=1S/C10H14ClNO2/c1-7(12)8-2-3-10(9(11)6-8)14-5-4-13/h2-3,6-7,13H,4-5,12H2,1H3/t7-/m0/s1. The Morgan fingerprint density at radius 1 is 1.57 bits per heavy atom. The molecule has 14 heavy (non-hydrogen) atoms. The Kier molecular flexibility index (Phi) is 4.20. The number of halogens is 1. The molecule has 0 unspecified atom stereocenters. The van der Waals surface area contributed by atoms with Crippen molar-refractivity contribution in [2.24, 2.45) is 5.73 Å². The zero-order chi connectivity index (χ0) is 10.6. The molecule has 1 aromatic rings. The molecule has 0 fully saturated rings. The lowest BCUT2D eigenvalue weighted by atomic mass is 10.1. The molecule has 0 amide bonds. The van der Waals surface area contributed by atoms with E-state index in [2.05, 4.69) is 0 Å². The number of hydrogen-bond donors (Lipinski definition) is 2. The van der Waals surface area contributed by atoms with Gasteiger partial charge in [-0.15, -0.1) is 0 Å². The van der Waals surface area contributed by atoms with Crippen LogP contribution in [0.1, 0.15) is 18.5 Å². The van der Waals surface area contributed by atoms with Gasteiger partial charge in [0, 0.05) is 6.04 Å². The minimum Gasteiger partial charge on any atom is -0.490 e. The van der Waals surface area contributed by atoms with Gasteiger partial charge in [-0.2, -0.15) is 0 Å². The first-order valence-electron chi connectivity index (χ1n) is 4.44. The van der Waals surface area contributed by atoms with Gasteiger partial charge in [0.1, 0.15) is 12.4 Å². The Morgan fingerprint density at radius 3 is 2.79 bits per heavy atom. The fourth-order valence-corrected chi connectivity index (χ4v) is 1.32. The molecule has 0 aliphatic rings. The Balaban J connectivity index is 2.79. The summed E-state index contributed by atoms with van der Waals surface area (Å²) in [6.07, 6.45) is 0. The molecular weight excluding hydrogens is 202 g/mol. The van der Waals surface area contributed by atoms with Crippen molar-refractivity contribution in [2.75, 3.05) is 13.2 Å². The summed E-state index contributed by atoms with van der Waals surface area (Å²) in [5, 5.41) is 9.09. The van der Waals surface area contributed by atoms with Crippen molar-refractivity contribution in [3.8, 4) is 5.75 Å². The molecule has 0 heterocycles. The van der Waals surface area contributed by atoms with Gasteiger partial charge in [0.15, 0.2) is 0 Å². The van der Waals surface area contributed by atoms with Crippen LogP contribution in [0.5, 0.6) is 5.75 Å². The summed E-state index contributed by atoms with van der Waals surface area (Å²) < 4.78 is 5.20. The van der Waals surface area contributed by atoms with Crippen LogP contribution in [-0.4, -0.2) is 18.3 Å². The number of rotatable bonds is 4. The fourth-order valence-electron chi connectivity index (χ4n) is 1.07. The van der Waals surface area contributed by atoms with Crippen molar-refractivity contribution in [1.29, 1.82) is 0 Å². The normalized spacial score (nSPS) is 12.6. The monoisotopic (exact) mass is 215 g/mol. The zero-order valence-electron chi connectivity index (χ0n) is 8.03. The number of nitrogens with two attached hydrogens (primary N) is 1. The van der Waals surface area contributed by atoms with E-state index < -0.39 is 0 Å². The molecule has 1 rings (SSSR count). The van der Waals surface area contributed by atoms with Crippen LogP contribution in [0.3, 0.4) is 0 Å². The van der Waals surface area contributed by atoms with Crippen LogP contribution < -0.4 is 10.5 Å². The molecule has 0 spiro atoms. The van der Waals surface area contributed by atoms with E-state index in [1.54, 1.807) is 12.1 Å². The highest BCUT2D eigenvalue weighted by Crippen LogP contribution is 2.27. The van der Waals surface area contributed by atoms with E-state index in [0.717, 1.165) is 5.56 Å². The van der Waals surface area contributed by atoms with Crippen LogP contribution in [0.25, 0.3) is 0 Å². The maximum Gasteiger partial charge on any atom is 0.138 e. The van der Waals surface area contributed by atoms with Gasteiger partial charge in [-0.05, 0) is 24.6 Å². The molecule has 4 heteroatoms. The van der Waals surface area contributed by atoms with Crippen LogP contribution >= 0.6 is 11.6 Å².